The highest BCUT2D eigenvalue weighted by atomic mass is 32.2. The monoisotopic (exact) mass is 251 g/mol. The second kappa shape index (κ2) is 4.24. The van der Waals surface area contributed by atoms with Gasteiger partial charge in [-0.3, -0.25) is 4.99 Å². The van der Waals surface area contributed by atoms with E-state index in [1.165, 1.54) is 15.5 Å². The van der Waals surface area contributed by atoms with E-state index in [1.807, 2.05) is 0 Å². The minimum atomic E-state index is 0.605. The van der Waals surface area contributed by atoms with Crippen LogP contribution >= 0.6 is 23.1 Å². The molecule has 0 saturated heterocycles. The molecule has 16 heavy (non-hydrogen) atoms. The molecule has 0 bridgehead atoms. The largest absolute Gasteiger partial charge is 0.326 e. The molecule has 2 aliphatic rings. The van der Waals surface area contributed by atoms with Crippen molar-refractivity contribution in [3.05, 3.63) is 27.3 Å². The third-order valence-electron chi connectivity index (χ3n) is 2.71. The molecule has 5 heteroatoms. The third kappa shape index (κ3) is 1.59. The molecule has 0 unspecified atom stereocenters. The van der Waals surface area contributed by atoms with Crippen LogP contribution in [0.3, 0.4) is 0 Å². The van der Waals surface area contributed by atoms with Crippen LogP contribution in [0.1, 0.15) is 11.3 Å². The second-order valence-corrected chi connectivity index (χ2v) is 5.73. The van der Waals surface area contributed by atoms with Crippen molar-refractivity contribution in [3.63, 3.8) is 0 Å². The van der Waals surface area contributed by atoms with Crippen LogP contribution in [0.5, 0.6) is 0 Å². The lowest BCUT2D eigenvalue weighted by Crippen LogP contribution is -2.28. The maximum atomic E-state index is 5.83. The fraction of sp³-hybridized carbons (Fsp3) is 0.364. The topological polar surface area (TPSA) is 41.6 Å². The predicted molar refractivity (Wildman–Crippen MR) is 71.5 cm³/mol. The Morgan fingerprint density at radius 2 is 2.44 bits per heavy atom. The number of amidine groups is 1. The van der Waals surface area contributed by atoms with Crippen LogP contribution in [0, 0.1) is 0 Å². The molecule has 0 spiro atoms. The molecule has 0 radical (unpaired) electrons. The Hall–Kier alpha value is -0.780. The van der Waals surface area contributed by atoms with E-state index in [0.29, 0.717) is 6.54 Å². The van der Waals surface area contributed by atoms with Crippen LogP contribution in [-0.4, -0.2) is 29.7 Å². The number of hydrogen-bond acceptors (Lipinski definition) is 5. The van der Waals surface area contributed by atoms with Gasteiger partial charge in [0.1, 0.15) is 0 Å². The smallest absolute Gasteiger partial charge is 0.168 e. The van der Waals surface area contributed by atoms with Gasteiger partial charge in [-0.05, 0) is 17.9 Å². The molecule has 0 fully saturated rings. The third-order valence-corrected chi connectivity index (χ3v) is 4.72. The summed E-state index contributed by atoms with van der Waals surface area (Å²) in [5.74, 6) is 0. The average Bonchev–Trinajstić information content (AvgIpc) is 2.94. The van der Waals surface area contributed by atoms with Gasteiger partial charge in [-0.25, -0.2) is 0 Å². The van der Waals surface area contributed by atoms with Gasteiger partial charge in [0.15, 0.2) is 5.17 Å². The van der Waals surface area contributed by atoms with Crippen molar-refractivity contribution in [1.29, 1.82) is 0 Å². The van der Waals surface area contributed by atoms with E-state index in [9.17, 15) is 0 Å². The summed E-state index contributed by atoms with van der Waals surface area (Å²) in [6, 6.07) is 4.25. The highest BCUT2D eigenvalue weighted by Gasteiger charge is 2.31. The Labute approximate surface area is 103 Å². The number of hydrogen-bond donors (Lipinski definition) is 1. The first-order chi connectivity index (χ1) is 7.90. The highest BCUT2D eigenvalue weighted by molar-refractivity contribution is 8.17. The Kier molecular flexibility index (Phi) is 2.75. The molecular weight excluding hydrogens is 238 g/mol. The van der Waals surface area contributed by atoms with Crippen LogP contribution in [0.25, 0.3) is 5.70 Å². The number of thiophene rings is 1. The predicted octanol–water partition coefficient (Wildman–Crippen LogP) is 2.18. The van der Waals surface area contributed by atoms with Gasteiger partial charge in [-0.1, -0.05) is 17.8 Å². The van der Waals surface area contributed by atoms with E-state index < -0.39 is 0 Å². The van der Waals surface area contributed by atoms with E-state index >= 15 is 0 Å². The van der Waals surface area contributed by atoms with Crippen molar-refractivity contribution in [1.82, 2.24) is 4.90 Å². The Bertz CT molecular complexity index is 448. The van der Waals surface area contributed by atoms with Crippen molar-refractivity contribution in [2.24, 2.45) is 10.7 Å². The van der Waals surface area contributed by atoms with Gasteiger partial charge >= 0.3 is 0 Å². The van der Waals surface area contributed by atoms with Crippen molar-refractivity contribution in [3.8, 4) is 0 Å². The number of fused-ring (bicyclic) bond motifs is 1. The van der Waals surface area contributed by atoms with Crippen LogP contribution < -0.4 is 5.73 Å². The van der Waals surface area contributed by atoms with E-state index in [-0.39, 0.29) is 0 Å². The number of thioether (sulfide) groups is 1. The second-order valence-electron chi connectivity index (χ2n) is 3.72. The van der Waals surface area contributed by atoms with E-state index in [2.05, 4.69) is 27.4 Å². The van der Waals surface area contributed by atoms with Crippen molar-refractivity contribution < 1.29 is 0 Å². The molecule has 0 aliphatic carbocycles. The SMILES string of the molecule is NCC1=C(c2cccs2)N2CCCN=C2S1. The lowest BCUT2D eigenvalue weighted by molar-refractivity contribution is 0.541. The number of nitrogens with two attached hydrogens (primary N) is 1. The summed E-state index contributed by atoms with van der Waals surface area (Å²) in [4.78, 5) is 9.44. The first-order valence-electron chi connectivity index (χ1n) is 5.37. The molecule has 2 N–H and O–H groups in total. The van der Waals surface area contributed by atoms with Gasteiger partial charge < -0.3 is 10.6 Å². The molecule has 0 saturated carbocycles. The number of aliphatic imine (C=N–C) groups is 1. The summed E-state index contributed by atoms with van der Waals surface area (Å²) in [6.07, 6.45) is 1.14. The Morgan fingerprint density at radius 3 is 3.19 bits per heavy atom. The maximum absolute atomic E-state index is 5.83. The van der Waals surface area contributed by atoms with Gasteiger partial charge in [0, 0.05) is 24.5 Å². The first-order valence-corrected chi connectivity index (χ1v) is 7.06. The summed E-state index contributed by atoms with van der Waals surface area (Å²) < 4.78 is 0. The molecular formula is C11H13N3S2. The van der Waals surface area contributed by atoms with E-state index in [0.717, 1.165) is 24.7 Å². The summed E-state index contributed by atoms with van der Waals surface area (Å²) in [5.41, 5.74) is 7.12. The van der Waals surface area contributed by atoms with Crippen molar-refractivity contribution >= 4 is 34.0 Å². The standard InChI is InChI=1S/C11H13N3S2/c12-7-9-10(8-3-1-6-15-8)14-5-2-4-13-11(14)16-9/h1,3,6H,2,4-5,7,12H2. The van der Waals surface area contributed by atoms with Crippen LogP contribution in [0.15, 0.2) is 27.4 Å². The fourth-order valence-corrected chi connectivity index (χ4v) is 3.95. The maximum Gasteiger partial charge on any atom is 0.168 e. The molecule has 84 valence electrons. The molecule has 1 aromatic heterocycles. The van der Waals surface area contributed by atoms with Gasteiger partial charge in [-0.15, -0.1) is 11.3 Å². The molecule has 3 heterocycles. The lowest BCUT2D eigenvalue weighted by Gasteiger charge is -2.24. The van der Waals surface area contributed by atoms with Gasteiger partial charge in [0.05, 0.1) is 10.6 Å². The minimum Gasteiger partial charge on any atom is -0.326 e. The summed E-state index contributed by atoms with van der Waals surface area (Å²) in [5, 5.41) is 3.25. The number of nitrogens with zero attached hydrogens (tertiary/aromatic N) is 2. The zero-order valence-corrected chi connectivity index (χ0v) is 10.5. The lowest BCUT2D eigenvalue weighted by atomic mass is 10.2. The minimum absolute atomic E-state index is 0.605. The fourth-order valence-electron chi connectivity index (χ4n) is 2.01. The molecule has 0 aromatic carbocycles. The summed E-state index contributed by atoms with van der Waals surface area (Å²) in [7, 11) is 0. The Balaban J connectivity index is 2.05. The highest BCUT2D eigenvalue weighted by Crippen LogP contribution is 2.41. The quantitative estimate of drug-likeness (QED) is 0.876. The molecule has 3 rings (SSSR count). The molecule has 0 atom stereocenters. The van der Waals surface area contributed by atoms with Crippen LogP contribution in [0.4, 0.5) is 0 Å². The van der Waals surface area contributed by atoms with E-state index in [4.69, 9.17) is 5.73 Å². The average molecular weight is 251 g/mol. The van der Waals surface area contributed by atoms with Crippen molar-refractivity contribution in [2.45, 2.75) is 6.42 Å². The zero-order valence-electron chi connectivity index (χ0n) is 8.85. The molecule has 1 aromatic rings. The summed E-state index contributed by atoms with van der Waals surface area (Å²) in [6.45, 7) is 2.63. The van der Waals surface area contributed by atoms with Gasteiger partial charge in [0.2, 0.25) is 0 Å². The molecule has 2 aliphatic heterocycles. The van der Waals surface area contributed by atoms with Crippen LogP contribution in [-0.2, 0) is 0 Å². The molecule has 0 amide bonds. The zero-order chi connectivity index (χ0) is 11.0. The van der Waals surface area contributed by atoms with Gasteiger partial charge in [-0.2, -0.15) is 0 Å². The Morgan fingerprint density at radius 1 is 1.50 bits per heavy atom. The van der Waals surface area contributed by atoms with Crippen LogP contribution in [0.2, 0.25) is 0 Å². The first kappa shape index (κ1) is 10.4. The van der Waals surface area contributed by atoms with Gasteiger partial charge in [0.25, 0.3) is 0 Å². The molecule has 3 nitrogen and oxygen atoms in total. The number of rotatable bonds is 2. The van der Waals surface area contributed by atoms with Crippen molar-refractivity contribution in [2.75, 3.05) is 19.6 Å². The summed E-state index contributed by atoms with van der Waals surface area (Å²) >= 11 is 3.51. The normalized spacial score (nSPS) is 20.1. The van der Waals surface area contributed by atoms with E-state index in [1.54, 1.807) is 23.1 Å².